The van der Waals surface area contributed by atoms with Gasteiger partial charge in [0.1, 0.15) is 0 Å². The van der Waals surface area contributed by atoms with E-state index in [1.807, 2.05) is 0 Å². The number of aliphatic hydroxyl groups excluding tert-OH is 1. The molecule has 1 aromatic carbocycles. The first kappa shape index (κ1) is 4.10. The average molecular weight is 165 g/mol. The van der Waals surface area contributed by atoms with Gasteiger partial charge in [0.15, 0.2) is 0 Å². The normalized spacial score (nSPS) is 15.4. The predicted molar refractivity (Wildman–Crippen MR) is 49.1 cm³/mol. The molecule has 1 aromatic heterocycles. The van der Waals surface area contributed by atoms with E-state index in [9.17, 15) is 0 Å². The van der Waals surface area contributed by atoms with E-state index in [4.69, 9.17) is 10.6 Å². The highest BCUT2D eigenvalue weighted by molar-refractivity contribution is 5.82. The molecule has 2 rings (SSSR count). The molecule has 2 N–H and O–H groups in total. The lowest BCUT2D eigenvalue weighted by molar-refractivity contribution is 0.300. The minimum atomic E-state index is -0.241. The van der Waals surface area contributed by atoms with E-state index in [1.165, 1.54) is 0 Å². The first-order valence-electron chi connectivity index (χ1n) is 5.75. The third-order valence-corrected chi connectivity index (χ3v) is 1.78. The minimum absolute atomic E-state index is 0.0459. The van der Waals surface area contributed by atoms with Crippen LogP contribution in [0.25, 0.3) is 10.9 Å². The van der Waals surface area contributed by atoms with Gasteiger partial charge in [0, 0.05) is 23.7 Å². The lowest BCUT2D eigenvalue weighted by Gasteiger charge is -1.93. The number of aliphatic hydroxyl groups is 1. The molecular weight excluding hydrogens is 150 g/mol. The van der Waals surface area contributed by atoms with E-state index in [1.54, 1.807) is 6.20 Å². The van der Waals surface area contributed by atoms with Crippen LogP contribution in [0.4, 0.5) is 0 Å². The van der Waals surface area contributed by atoms with Crippen molar-refractivity contribution in [2.45, 2.75) is 6.42 Å². The van der Waals surface area contributed by atoms with Crippen molar-refractivity contribution < 1.29 is 10.6 Å². The zero-order chi connectivity index (χ0) is 11.9. The quantitative estimate of drug-likeness (QED) is 0.698. The molecule has 2 nitrogen and oxygen atoms in total. The molecule has 0 bridgehead atoms. The van der Waals surface area contributed by atoms with Gasteiger partial charge in [0.2, 0.25) is 0 Å². The number of hydrogen-bond donors (Lipinski definition) is 2. The van der Waals surface area contributed by atoms with E-state index in [0.29, 0.717) is 22.9 Å². The zero-order valence-corrected chi connectivity index (χ0v) is 6.44. The molecule has 0 amide bonds. The molecule has 0 aliphatic heterocycles. The van der Waals surface area contributed by atoms with Gasteiger partial charge in [-0.15, -0.1) is 0 Å². The van der Waals surface area contributed by atoms with Crippen LogP contribution in [0.2, 0.25) is 0 Å². The number of aromatic amines is 1. The fourth-order valence-corrected chi connectivity index (χ4v) is 1.21. The predicted octanol–water partition coefficient (Wildman–Crippen LogP) is 1.70. The van der Waals surface area contributed by atoms with E-state index < -0.39 is 0 Å². The third-order valence-electron chi connectivity index (χ3n) is 1.78. The summed E-state index contributed by atoms with van der Waals surface area (Å²) in [4.78, 5) is 2.83. The lowest BCUT2D eigenvalue weighted by Crippen LogP contribution is -1.87. The van der Waals surface area contributed by atoms with Gasteiger partial charge >= 0.3 is 0 Å². The Labute approximate surface area is 76.5 Å². The van der Waals surface area contributed by atoms with E-state index >= 15 is 0 Å². The highest BCUT2D eigenvalue weighted by Crippen LogP contribution is 2.17. The number of nitrogens with one attached hydrogen (secondary N) is 1. The summed E-state index contributed by atoms with van der Waals surface area (Å²) in [5, 5.41) is 9.35. The van der Waals surface area contributed by atoms with Gasteiger partial charge < -0.3 is 10.1 Å². The maximum Gasteiger partial charge on any atom is 0.0645 e. The second kappa shape index (κ2) is 2.99. The van der Waals surface area contributed by atoms with Crippen LogP contribution in [0.3, 0.4) is 0 Å². The molecule has 2 aromatic rings. The van der Waals surface area contributed by atoms with Crippen molar-refractivity contribution in [3.8, 4) is 0 Å². The Bertz CT molecular complexity index is 549. The second-order valence-corrected chi connectivity index (χ2v) is 2.54. The van der Waals surface area contributed by atoms with Crippen LogP contribution in [0.5, 0.6) is 0 Å². The number of H-pyrrole nitrogens is 1. The third kappa shape index (κ3) is 1.10. The molecule has 12 heavy (non-hydrogen) atoms. The standard InChI is InChI=1S/C10H11NO/c12-6-5-8-7-11-10-4-2-1-3-9(8)10/h1-4,7,11-12H,5-6H2/i1D,2D,3D,4D. The maximum atomic E-state index is 8.88. The summed E-state index contributed by atoms with van der Waals surface area (Å²) in [5.74, 6) is 0. The zero-order valence-electron chi connectivity index (χ0n) is 10.4. The number of rotatable bonds is 2. The van der Waals surface area contributed by atoms with Gasteiger partial charge in [0.05, 0.1) is 5.48 Å². The SMILES string of the molecule is [2H]c1c([2H])c([2H])c2c(CCO)c[nH]c2c1[2H]. The summed E-state index contributed by atoms with van der Waals surface area (Å²) in [6.07, 6.45) is 2.00. The lowest BCUT2D eigenvalue weighted by atomic mass is 10.1. The maximum absolute atomic E-state index is 8.88. The van der Waals surface area contributed by atoms with Crippen LogP contribution in [-0.2, 0) is 6.42 Å². The highest BCUT2D eigenvalue weighted by Gasteiger charge is 2.00. The van der Waals surface area contributed by atoms with Gasteiger partial charge in [-0.05, 0) is 18.0 Å². The molecule has 0 unspecified atom stereocenters. The molecule has 0 saturated heterocycles. The van der Waals surface area contributed by atoms with Crippen molar-refractivity contribution in [3.63, 3.8) is 0 Å². The summed E-state index contributed by atoms with van der Waals surface area (Å²) in [6, 6.07) is -0.605. The van der Waals surface area contributed by atoms with E-state index in [-0.39, 0.29) is 30.8 Å². The number of para-hydroxylation sites is 1. The van der Waals surface area contributed by atoms with Crippen LogP contribution >= 0.6 is 0 Å². The molecule has 0 aliphatic rings. The number of aromatic nitrogens is 1. The molecule has 0 saturated carbocycles. The van der Waals surface area contributed by atoms with Crippen molar-refractivity contribution in [2.75, 3.05) is 6.61 Å². The highest BCUT2D eigenvalue weighted by atomic mass is 16.2. The monoisotopic (exact) mass is 165 g/mol. The molecule has 62 valence electrons. The van der Waals surface area contributed by atoms with Crippen LogP contribution in [0, 0.1) is 0 Å². The van der Waals surface area contributed by atoms with Crippen molar-refractivity contribution in [2.24, 2.45) is 0 Å². The Kier molecular flexibility index (Phi) is 1.02. The topological polar surface area (TPSA) is 36.0 Å². The van der Waals surface area contributed by atoms with Gasteiger partial charge in [-0.25, -0.2) is 0 Å². The first-order chi connectivity index (χ1) is 7.57. The number of hydrogen-bond acceptors (Lipinski definition) is 1. The van der Waals surface area contributed by atoms with Crippen molar-refractivity contribution in [3.05, 3.63) is 35.9 Å². The van der Waals surface area contributed by atoms with Crippen LogP contribution in [0.15, 0.2) is 30.4 Å². The summed E-state index contributed by atoms with van der Waals surface area (Å²) in [5.41, 5.74) is 1.11. The summed E-state index contributed by atoms with van der Waals surface area (Å²) in [7, 11) is 0. The summed E-state index contributed by atoms with van der Waals surface area (Å²) in [6.45, 7) is -0.0459. The van der Waals surface area contributed by atoms with Gasteiger partial charge in [-0.2, -0.15) is 0 Å². The van der Waals surface area contributed by atoms with Crippen molar-refractivity contribution in [1.82, 2.24) is 4.98 Å². The molecular formula is C10H11NO. The van der Waals surface area contributed by atoms with Crippen LogP contribution < -0.4 is 0 Å². The Morgan fingerprint density at radius 2 is 2.25 bits per heavy atom. The Morgan fingerprint density at radius 3 is 3.08 bits per heavy atom. The largest absolute Gasteiger partial charge is 0.396 e. The summed E-state index contributed by atoms with van der Waals surface area (Å²) >= 11 is 0. The fourth-order valence-electron chi connectivity index (χ4n) is 1.21. The fraction of sp³-hybridized carbons (Fsp3) is 0.200. The van der Waals surface area contributed by atoms with E-state index in [2.05, 4.69) is 4.98 Å². The van der Waals surface area contributed by atoms with Crippen LogP contribution in [-0.4, -0.2) is 16.7 Å². The first-order valence-corrected chi connectivity index (χ1v) is 3.75. The minimum Gasteiger partial charge on any atom is -0.396 e. The van der Waals surface area contributed by atoms with Crippen molar-refractivity contribution in [1.29, 1.82) is 0 Å². The van der Waals surface area contributed by atoms with Gasteiger partial charge in [0.25, 0.3) is 0 Å². The van der Waals surface area contributed by atoms with Gasteiger partial charge in [-0.3, -0.25) is 0 Å². The molecule has 0 fully saturated rings. The van der Waals surface area contributed by atoms with Gasteiger partial charge in [-0.1, -0.05) is 18.1 Å². The number of benzene rings is 1. The number of fused-ring (bicyclic) bond motifs is 1. The Morgan fingerprint density at radius 1 is 1.42 bits per heavy atom. The molecule has 0 spiro atoms. The summed E-state index contributed by atoms with van der Waals surface area (Å²) < 4.78 is 30.5. The molecule has 0 aliphatic carbocycles. The molecule has 0 radical (unpaired) electrons. The molecule has 0 atom stereocenters. The van der Waals surface area contributed by atoms with Crippen LogP contribution in [0.1, 0.15) is 11.0 Å². The van der Waals surface area contributed by atoms with E-state index in [0.717, 1.165) is 0 Å². The van der Waals surface area contributed by atoms with Crippen molar-refractivity contribution >= 4 is 10.9 Å². The molecule has 2 heteroatoms. The Hall–Kier alpha value is -1.28. The molecule has 1 heterocycles. The smallest absolute Gasteiger partial charge is 0.0645 e. The Balaban J connectivity index is 2.83. The average Bonchev–Trinajstić information content (AvgIpc) is 2.68. The second-order valence-electron chi connectivity index (χ2n) is 2.54.